The molecule has 0 unspecified atom stereocenters. The number of methoxy groups -OCH3 is 1. The van der Waals surface area contributed by atoms with E-state index >= 15 is 0 Å². The first-order chi connectivity index (χ1) is 15.5. The van der Waals surface area contributed by atoms with Crippen LogP contribution in [0.3, 0.4) is 0 Å². The maximum absolute atomic E-state index is 13.1. The number of benzene rings is 3. The number of nitrogens with zero attached hydrogens (tertiary/aromatic N) is 3. The molecule has 4 rings (SSSR count). The summed E-state index contributed by atoms with van der Waals surface area (Å²) in [4.78, 5) is 30.2. The molecule has 1 amide bonds. The van der Waals surface area contributed by atoms with Gasteiger partial charge in [-0.3, -0.25) is 14.3 Å². The number of hydrogen-bond donors (Lipinski definition) is 1. The Morgan fingerprint density at radius 2 is 1.81 bits per heavy atom. The minimum atomic E-state index is -0.769. The lowest BCUT2D eigenvalue weighted by Gasteiger charge is -2.21. The van der Waals surface area contributed by atoms with Crippen molar-refractivity contribution in [3.8, 4) is 5.75 Å². The van der Waals surface area contributed by atoms with Crippen LogP contribution in [0.15, 0.2) is 79.4 Å². The standard InChI is InChI=1S/C25H24N4O3/c1-17(20-9-8-18-10-11-22(32-2)13-21(18)12-20)25(31)28-23(14-29-16-26-15-27-29)24(30)19-6-4-3-5-7-19/h3-13,15-17,23H,14H2,1-2H3,(H,28,31)/t17-,23-/m0/s1. The molecule has 3 aromatic carbocycles. The summed E-state index contributed by atoms with van der Waals surface area (Å²) in [5.41, 5.74) is 1.39. The van der Waals surface area contributed by atoms with Crippen molar-refractivity contribution in [2.75, 3.05) is 7.11 Å². The zero-order chi connectivity index (χ0) is 22.5. The van der Waals surface area contributed by atoms with Gasteiger partial charge in [-0.2, -0.15) is 5.10 Å². The molecule has 162 valence electrons. The monoisotopic (exact) mass is 428 g/mol. The molecule has 1 N–H and O–H groups in total. The Labute approximate surface area is 186 Å². The molecule has 0 spiro atoms. The highest BCUT2D eigenvalue weighted by Gasteiger charge is 2.26. The molecule has 0 saturated carbocycles. The third-order valence-electron chi connectivity index (χ3n) is 5.49. The van der Waals surface area contributed by atoms with E-state index in [1.54, 1.807) is 36.1 Å². The Hall–Kier alpha value is -4.00. The van der Waals surface area contributed by atoms with E-state index in [1.807, 2.05) is 49.4 Å². The van der Waals surface area contributed by atoms with Gasteiger partial charge in [-0.1, -0.05) is 54.6 Å². The predicted molar refractivity (Wildman–Crippen MR) is 122 cm³/mol. The van der Waals surface area contributed by atoms with Crippen LogP contribution >= 0.6 is 0 Å². The van der Waals surface area contributed by atoms with Crippen LogP contribution in [0.5, 0.6) is 5.75 Å². The van der Waals surface area contributed by atoms with Crippen molar-refractivity contribution < 1.29 is 14.3 Å². The lowest BCUT2D eigenvalue weighted by Crippen LogP contribution is -2.45. The van der Waals surface area contributed by atoms with Crippen LogP contribution in [0.4, 0.5) is 0 Å². The SMILES string of the molecule is COc1ccc2ccc([C@H](C)C(=O)N[C@@H](Cn3cncn3)C(=O)c3ccccc3)cc2c1. The summed E-state index contributed by atoms with van der Waals surface area (Å²) in [6, 6.07) is 19.9. The summed E-state index contributed by atoms with van der Waals surface area (Å²) in [6.45, 7) is 2.03. The summed E-state index contributed by atoms with van der Waals surface area (Å²) in [7, 11) is 1.63. The Morgan fingerprint density at radius 1 is 1.03 bits per heavy atom. The predicted octanol–water partition coefficient (Wildman–Crippen LogP) is 3.61. The third-order valence-corrected chi connectivity index (χ3v) is 5.49. The van der Waals surface area contributed by atoms with Crippen molar-refractivity contribution in [3.05, 3.63) is 90.5 Å². The molecule has 0 aliphatic carbocycles. The first-order valence-corrected chi connectivity index (χ1v) is 10.3. The van der Waals surface area contributed by atoms with Gasteiger partial charge in [0.05, 0.1) is 19.6 Å². The van der Waals surface area contributed by atoms with Gasteiger partial charge in [-0.25, -0.2) is 4.98 Å². The van der Waals surface area contributed by atoms with Crippen molar-refractivity contribution in [2.24, 2.45) is 0 Å². The van der Waals surface area contributed by atoms with Gasteiger partial charge in [0.25, 0.3) is 0 Å². The van der Waals surface area contributed by atoms with Crippen molar-refractivity contribution in [1.29, 1.82) is 0 Å². The number of nitrogens with one attached hydrogen (secondary N) is 1. The number of carbonyl (C=O) groups excluding carboxylic acids is 2. The maximum Gasteiger partial charge on any atom is 0.227 e. The fraction of sp³-hybridized carbons (Fsp3) is 0.200. The molecule has 0 fully saturated rings. The first kappa shape index (κ1) is 21.2. The molecule has 7 nitrogen and oxygen atoms in total. The Kier molecular flexibility index (Phi) is 6.26. The van der Waals surface area contributed by atoms with E-state index in [-0.39, 0.29) is 18.2 Å². The van der Waals surface area contributed by atoms with E-state index in [9.17, 15) is 9.59 Å². The van der Waals surface area contributed by atoms with Crippen LogP contribution in [-0.4, -0.2) is 39.6 Å². The number of ether oxygens (including phenoxy) is 1. The van der Waals surface area contributed by atoms with Gasteiger partial charge < -0.3 is 10.1 Å². The largest absolute Gasteiger partial charge is 0.497 e. The molecule has 0 aliphatic heterocycles. The molecule has 7 heteroatoms. The Bertz CT molecular complexity index is 1220. The van der Waals surface area contributed by atoms with E-state index in [2.05, 4.69) is 15.4 Å². The fourth-order valence-corrected chi connectivity index (χ4v) is 3.60. The number of aromatic nitrogens is 3. The van der Waals surface area contributed by atoms with Crippen molar-refractivity contribution in [1.82, 2.24) is 20.1 Å². The quantitative estimate of drug-likeness (QED) is 0.433. The summed E-state index contributed by atoms with van der Waals surface area (Å²) in [6.07, 6.45) is 2.93. The van der Waals surface area contributed by atoms with Crippen LogP contribution in [-0.2, 0) is 11.3 Å². The average molecular weight is 428 g/mol. The number of Topliss-reactive ketones (excluding diaryl/α,β-unsaturated/α-hetero) is 1. The third kappa shape index (κ3) is 4.67. The summed E-state index contributed by atoms with van der Waals surface area (Å²) < 4.78 is 6.85. The van der Waals surface area contributed by atoms with Crippen LogP contribution in [0.25, 0.3) is 10.8 Å². The van der Waals surface area contributed by atoms with E-state index in [1.165, 1.54) is 12.7 Å². The summed E-state index contributed by atoms with van der Waals surface area (Å²) >= 11 is 0. The van der Waals surface area contributed by atoms with Crippen LogP contribution in [0.2, 0.25) is 0 Å². The number of rotatable bonds is 8. The lowest BCUT2D eigenvalue weighted by atomic mass is 9.96. The van der Waals surface area contributed by atoms with Crippen molar-refractivity contribution >= 4 is 22.5 Å². The van der Waals surface area contributed by atoms with Crippen molar-refractivity contribution in [2.45, 2.75) is 25.4 Å². The molecule has 0 saturated heterocycles. The Balaban J connectivity index is 1.56. The zero-order valence-electron chi connectivity index (χ0n) is 17.9. The van der Waals surface area contributed by atoms with Crippen LogP contribution in [0, 0.1) is 0 Å². The second-order valence-electron chi connectivity index (χ2n) is 7.60. The second-order valence-corrected chi connectivity index (χ2v) is 7.60. The van der Waals surface area contributed by atoms with Gasteiger partial charge in [-0.05, 0) is 35.4 Å². The number of ketones is 1. The average Bonchev–Trinajstić information content (AvgIpc) is 3.35. The maximum atomic E-state index is 13.1. The second kappa shape index (κ2) is 9.43. The fourth-order valence-electron chi connectivity index (χ4n) is 3.60. The molecule has 0 aliphatic rings. The van der Waals surface area contributed by atoms with Gasteiger partial charge in [0.15, 0.2) is 5.78 Å². The molecule has 4 aromatic rings. The van der Waals surface area contributed by atoms with Gasteiger partial charge >= 0.3 is 0 Å². The van der Waals surface area contributed by atoms with Gasteiger partial charge in [0.2, 0.25) is 5.91 Å². The Morgan fingerprint density at radius 3 is 2.53 bits per heavy atom. The molecule has 0 bridgehead atoms. The molecule has 1 heterocycles. The molecule has 1 aromatic heterocycles. The lowest BCUT2D eigenvalue weighted by molar-refractivity contribution is -0.122. The number of carbonyl (C=O) groups is 2. The highest BCUT2D eigenvalue weighted by Crippen LogP contribution is 2.25. The minimum Gasteiger partial charge on any atom is -0.497 e. The smallest absolute Gasteiger partial charge is 0.227 e. The van der Waals surface area contributed by atoms with E-state index in [4.69, 9.17) is 4.74 Å². The topological polar surface area (TPSA) is 86.1 Å². The molecule has 32 heavy (non-hydrogen) atoms. The number of amides is 1. The highest BCUT2D eigenvalue weighted by molar-refractivity contribution is 6.02. The van der Waals surface area contributed by atoms with E-state index in [0.29, 0.717) is 5.56 Å². The minimum absolute atomic E-state index is 0.176. The van der Waals surface area contributed by atoms with Crippen molar-refractivity contribution in [3.63, 3.8) is 0 Å². The highest BCUT2D eigenvalue weighted by atomic mass is 16.5. The normalized spacial score (nSPS) is 12.8. The number of fused-ring (bicyclic) bond motifs is 1. The molecular formula is C25H24N4O3. The molecule has 2 atom stereocenters. The molecular weight excluding hydrogens is 404 g/mol. The zero-order valence-corrected chi connectivity index (χ0v) is 17.9. The van der Waals surface area contributed by atoms with Crippen LogP contribution in [0.1, 0.15) is 28.8 Å². The number of hydrogen-bond acceptors (Lipinski definition) is 5. The van der Waals surface area contributed by atoms with Crippen LogP contribution < -0.4 is 10.1 Å². The van der Waals surface area contributed by atoms with E-state index in [0.717, 1.165) is 22.1 Å². The van der Waals surface area contributed by atoms with E-state index < -0.39 is 12.0 Å². The summed E-state index contributed by atoms with van der Waals surface area (Å²) in [5.74, 6) is -0.105. The summed E-state index contributed by atoms with van der Waals surface area (Å²) in [5, 5.41) is 9.05. The molecule has 0 radical (unpaired) electrons. The first-order valence-electron chi connectivity index (χ1n) is 10.3. The van der Waals surface area contributed by atoms with Gasteiger partial charge in [0.1, 0.15) is 24.4 Å². The van der Waals surface area contributed by atoms with Gasteiger partial charge in [-0.15, -0.1) is 0 Å². The van der Waals surface area contributed by atoms with Gasteiger partial charge in [0, 0.05) is 5.56 Å².